The highest BCUT2D eigenvalue weighted by Crippen LogP contribution is 2.36. The lowest BCUT2D eigenvalue weighted by molar-refractivity contribution is 0.0543. The summed E-state index contributed by atoms with van der Waals surface area (Å²) in [5.74, 6) is 1.68. The zero-order chi connectivity index (χ0) is 21.1. The van der Waals surface area contributed by atoms with Gasteiger partial charge in [0.1, 0.15) is 11.6 Å². The number of methoxy groups -OCH3 is 2. The van der Waals surface area contributed by atoms with Crippen LogP contribution in [0, 0.1) is 5.82 Å². The highest BCUT2D eigenvalue weighted by molar-refractivity contribution is 5.91. The Balaban J connectivity index is 1.64. The number of aromatic nitrogens is 2. The molecule has 3 N–H and O–H groups in total. The summed E-state index contributed by atoms with van der Waals surface area (Å²) in [6.45, 7) is 1.88. The summed E-state index contributed by atoms with van der Waals surface area (Å²) in [7, 11) is 3.14. The average Bonchev–Trinajstić information content (AvgIpc) is 2.78. The molecule has 3 aromatic rings. The number of nitrogens with zero attached hydrogens (tertiary/aromatic N) is 2. The van der Waals surface area contributed by atoms with Crippen molar-refractivity contribution < 1.29 is 18.6 Å². The first-order valence-corrected chi connectivity index (χ1v) is 9.81. The van der Waals surface area contributed by atoms with E-state index in [0.29, 0.717) is 53.9 Å². The number of halogens is 1. The molecule has 1 saturated heterocycles. The molecule has 0 unspecified atom stereocenters. The molecule has 0 radical (unpaired) electrons. The number of benzene rings is 2. The fourth-order valence-corrected chi connectivity index (χ4v) is 3.94. The molecule has 0 atom stereocenters. The number of fused-ring (bicyclic) bond motifs is 1. The van der Waals surface area contributed by atoms with E-state index in [0.717, 1.165) is 18.4 Å². The zero-order valence-electron chi connectivity index (χ0n) is 17.1. The molecule has 30 heavy (non-hydrogen) atoms. The maximum absolute atomic E-state index is 13.4. The second kappa shape index (κ2) is 8.31. The summed E-state index contributed by atoms with van der Waals surface area (Å²) < 4.78 is 29.7. The number of anilines is 2. The molecule has 0 spiro atoms. The number of rotatable bonds is 6. The molecule has 0 amide bonds. The lowest BCUT2D eigenvalue weighted by Gasteiger charge is -2.38. The number of ether oxygens (including phenoxy) is 3. The minimum atomic E-state index is -0.246. The molecular weight excluding hydrogens is 387 g/mol. The van der Waals surface area contributed by atoms with Gasteiger partial charge in [-0.05, 0) is 36.6 Å². The Morgan fingerprint density at radius 2 is 1.73 bits per heavy atom. The third-order valence-corrected chi connectivity index (χ3v) is 5.72. The Labute approximate surface area is 174 Å². The molecule has 4 rings (SSSR count). The fraction of sp³-hybridized carbons (Fsp3) is 0.364. The van der Waals surface area contributed by atoms with Gasteiger partial charge in [-0.1, -0.05) is 12.1 Å². The summed E-state index contributed by atoms with van der Waals surface area (Å²) in [4.78, 5) is 9.04. The van der Waals surface area contributed by atoms with Crippen molar-refractivity contribution in [1.82, 2.24) is 9.97 Å². The smallest absolute Gasteiger partial charge is 0.225 e. The predicted molar refractivity (Wildman–Crippen MR) is 114 cm³/mol. The molecule has 2 aromatic carbocycles. The van der Waals surface area contributed by atoms with Gasteiger partial charge in [0.25, 0.3) is 0 Å². The second-order valence-electron chi connectivity index (χ2n) is 7.41. The third-order valence-electron chi connectivity index (χ3n) is 5.72. The Kier molecular flexibility index (Phi) is 5.59. The van der Waals surface area contributed by atoms with Gasteiger partial charge in [0.2, 0.25) is 5.95 Å². The topological polar surface area (TPSA) is 91.5 Å². The molecule has 0 bridgehead atoms. The highest BCUT2D eigenvalue weighted by atomic mass is 19.1. The van der Waals surface area contributed by atoms with Gasteiger partial charge in [-0.2, -0.15) is 4.98 Å². The van der Waals surface area contributed by atoms with Crippen LogP contribution >= 0.6 is 0 Å². The van der Waals surface area contributed by atoms with Gasteiger partial charge >= 0.3 is 0 Å². The van der Waals surface area contributed by atoms with Gasteiger partial charge in [0, 0.05) is 36.6 Å². The molecular formula is C22H25FN4O3. The van der Waals surface area contributed by atoms with E-state index in [1.165, 1.54) is 12.1 Å². The Bertz CT molecular complexity index is 1040. The first-order valence-electron chi connectivity index (χ1n) is 9.81. The van der Waals surface area contributed by atoms with Gasteiger partial charge in [0.15, 0.2) is 11.5 Å². The first kappa shape index (κ1) is 20.2. The van der Waals surface area contributed by atoms with Crippen LogP contribution in [-0.4, -0.2) is 43.9 Å². The van der Waals surface area contributed by atoms with E-state index in [1.54, 1.807) is 26.4 Å². The number of nitrogens with two attached hydrogens (primary N) is 1. The average molecular weight is 412 g/mol. The molecule has 7 nitrogen and oxygen atoms in total. The molecule has 1 aliphatic rings. The molecule has 1 fully saturated rings. The van der Waals surface area contributed by atoms with Crippen molar-refractivity contribution in [2.24, 2.45) is 0 Å². The van der Waals surface area contributed by atoms with Crippen LogP contribution in [0.15, 0.2) is 36.4 Å². The van der Waals surface area contributed by atoms with E-state index in [-0.39, 0.29) is 11.2 Å². The summed E-state index contributed by atoms with van der Waals surface area (Å²) in [5, 5.41) is 4.04. The molecule has 1 aliphatic heterocycles. The van der Waals surface area contributed by atoms with Crippen molar-refractivity contribution in [3.63, 3.8) is 0 Å². The van der Waals surface area contributed by atoms with Crippen LogP contribution in [-0.2, 0) is 10.2 Å². The highest BCUT2D eigenvalue weighted by Gasteiger charge is 2.34. The van der Waals surface area contributed by atoms with E-state index in [1.807, 2.05) is 12.1 Å². The fourth-order valence-electron chi connectivity index (χ4n) is 3.94. The first-order chi connectivity index (χ1) is 14.5. The zero-order valence-corrected chi connectivity index (χ0v) is 17.1. The predicted octanol–water partition coefficient (Wildman–Crippen LogP) is 3.53. The molecule has 158 valence electrons. The van der Waals surface area contributed by atoms with Gasteiger partial charge in [-0.15, -0.1) is 0 Å². The van der Waals surface area contributed by atoms with Crippen molar-refractivity contribution in [3.05, 3.63) is 47.8 Å². The normalized spacial score (nSPS) is 15.7. The van der Waals surface area contributed by atoms with E-state index < -0.39 is 0 Å². The largest absolute Gasteiger partial charge is 0.493 e. The SMILES string of the molecule is COc1cc2nc(NCC3(c4ccc(F)cc4)CCOCC3)nc(N)c2cc1OC. The number of hydrogen-bond acceptors (Lipinski definition) is 7. The monoisotopic (exact) mass is 412 g/mol. The number of hydrogen-bond donors (Lipinski definition) is 2. The maximum Gasteiger partial charge on any atom is 0.225 e. The van der Waals surface area contributed by atoms with Crippen molar-refractivity contribution in [2.75, 3.05) is 45.0 Å². The maximum atomic E-state index is 13.4. The van der Waals surface area contributed by atoms with Gasteiger partial charge < -0.3 is 25.3 Å². The molecule has 0 aliphatic carbocycles. The summed E-state index contributed by atoms with van der Waals surface area (Å²) in [6.07, 6.45) is 1.64. The number of nitrogen functional groups attached to an aromatic ring is 1. The van der Waals surface area contributed by atoms with Crippen molar-refractivity contribution in [3.8, 4) is 11.5 Å². The standard InChI is InChI=1S/C22H25FN4O3/c1-28-18-11-16-17(12-19(18)29-2)26-21(27-20(16)24)25-13-22(7-9-30-10-8-22)14-3-5-15(23)6-4-14/h3-6,11-12H,7-10,13H2,1-2H3,(H3,24,25,26,27). The minimum absolute atomic E-state index is 0.198. The lowest BCUT2D eigenvalue weighted by Crippen LogP contribution is -2.40. The Morgan fingerprint density at radius 3 is 2.40 bits per heavy atom. The summed E-state index contributed by atoms with van der Waals surface area (Å²) in [5.41, 5.74) is 7.72. The van der Waals surface area contributed by atoms with E-state index in [4.69, 9.17) is 19.9 Å². The minimum Gasteiger partial charge on any atom is -0.493 e. The third kappa shape index (κ3) is 3.82. The van der Waals surface area contributed by atoms with Crippen LogP contribution in [0.2, 0.25) is 0 Å². The summed E-state index contributed by atoms with van der Waals surface area (Å²) >= 11 is 0. The Morgan fingerprint density at radius 1 is 1.07 bits per heavy atom. The van der Waals surface area contributed by atoms with Crippen LogP contribution < -0.4 is 20.5 Å². The quantitative estimate of drug-likeness (QED) is 0.640. The van der Waals surface area contributed by atoms with Crippen LogP contribution in [0.3, 0.4) is 0 Å². The van der Waals surface area contributed by atoms with E-state index in [2.05, 4.69) is 15.3 Å². The number of nitrogens with one attached hydrogen (secondary N) is 1. The molecule has 8 heteroatoms. The van der Waals surface area contributed by atoms with Gasteiger partial charge in [0.05, 0.1) is 19.7 Å². The molecule has 2 heterocycles. The van der Waals surface area contributed by atoms with Gasteiger partial charge in [-0.25, -0.2) is 9.37 Å². The summed E-state index contributed by atoms with van der Waals surface area (Å²) in [6, 6.07) is 10.2. The van der Waals surface area contributed by atoms with Crippen molar-refractivity contribution >= 4 is 22.7 Å². The molecule has 1 aromatic heterocycles. The van der Waals surface area contributed by atoms with Crippen LogP contribution in [0.25, 0.3) is 10.9 Å². The lowest BCUT2D eigenvalue weighted by atomic mass is 9.74. The van der Waals surface area contributed by atoms with E-state index >= 15 is 0 Å². The molecule has 0 saturated carbocycles. The van der Waals surface area contributed by atoms with Crippen LogP contribution in [0.1, 0.15) is 18.4 Å². The van der Waals surface area contributed by atoms with Crippen molar-refractivity contribution in [2.45, 2.75) is 18.3 Å². The van der Waals surface area contributed by atoms with Crippen molar-refractivity contribution in [1.29, 1.82) is 0 Å². The van der Waals surface area contributed by atoms with Crippen LogP contribution in [0.4, 0.5) is 16.2 Å². The van der Waals surface area contributed by atoms with Gasteiger partial charge in [-0.3, -0.25) is 0 Å². The van der Waals surface area contributed by atoms with E-state index in [9.17, 15) is 4.39 Å². The van der Waals surface area contributed by atoms with Crippen LogP contribution in [0.5, 0.6) is 11.5 Å². The Hall–Kier alpha value is -3.13. The second-order valence-corrected chi connectivity index (χ2v) is 7.41.